The maximum absolute atomic E-state index is 13.2. The number of carbonyl (C=O) groups excluding carboxylic acids is 2. The summed E-state index contributed by atoms with van der Waals surface area (Å²) in [4.78, 5) is 26.0. The largest absolute Gasteiger partial charge is 0.383 e. The number of halogens is 1. The van der Waals surface area contributed by atoms with Gasteiger partial charge in [-0.3, -0.25) is 9.59 Å². The number of amides is 2. The number of ether oxygens (including phenoxy) is 1. The highest BCUT2D eigenvalue weighted by Crippen LogP contribution is 2.61. The fraction of sp³-hybridized carbons (Fsp3) is 0.636. The molecule has 1 aromatic carbocycles. The normalized spacial score (nSPS) is 31.4. The number of carbonyl (C=O) groups is 2. The Labute approximate surface area is 165 Å². The van der Waals surface area contributed by atoms with Crippen LogP contribution in [0.4, 0.5) is 4.39 Å². The van der Waals surface area contributed by atoms with E-state index in [1.165, 1.54) is 43.5 Å². The summed E-state index contributed by atoms with van der Waals surface area (Å²) in [5, 5.41) is 5.96. The fourth-order valence-corrected chi connectivity index (χ4v) is 6.22. The summed E-state index contributed by atoms with van der Waals surface area (Å²) >= 11 is 0. The molecule has 0 spiro atoms. The van der Waals surface area contributed by atoms with E-state index in [1.54, 1.807) is 7.11 Å². The standard InChI is InChI=1S/C22H29FN2O3/c1-28-7-6-24-21(27)19(25-20(26)17-2-4-18(23)5-3-17)22-11-14-8-15(12-22)10-16(9-14)13-22/h2-5,14-16,19H,6-13H2,1H3,(H,24,27)(H,25,26)/t14?,15?,16?,19-,22?/m1/s1. The molecular formula is C22H29FN2O3. The number of hydrogen-bond acceptors (Lipinski definition) is 3. The SMILES string of the molecule is COCCNC(=O)[C@@H](NC(=O)c1ccc(F)cc1)C12CC3CC(CC(C3)C1)C2. The average Bonchev–Trinajstić information content (AvgIpc) is 2.65. The van der Waals surface area contributed by atoms with E-state index < -0.39 is 6.04 Å². The molecule has 0 aliphatic heterocycles. The van der Waals surface area contributed by atoms with Crippen LogP contribution < -0.4 is 10.6 Å². The lowest BCUT2D eigenvalue weighted by Gasteiger charge is -2.58. The number of nitrogens with one attached hydrogen (secondary N) is 2. The van der Waals surface area contributed by atoms with Gasteiger partial charge in [0.15, 0.2) is 0 Å². The second-order valence-corrected chi connectivity index (χ2v) is 8.98. The molecule has 1 aromatic rings. The molecule has 0 unspecified atom stereocenters. The molecule has 2 amide bonds. The third-order valence-electron chi connectivity index (χ3n) is 6.95. The molecule has 1 atom stereocenters. The van der Waals surface area contributed by atoms with Gasteiger partial charge < -0.3 is 15.4 Å². The Hall–Kier alpha value is -1.95. The van der Waals surface area contributed by atoms with Gasteiger partial charge in [-0.25, -0.2) is 4.39 Å². The zero-order valence-corrected chi connectivity index (χ0v) is 16.4. The highest BCUT2D eigenvalue weighted by molar-refractivity contribution is 5.97. The Balaban J connectivity index is 1.56. The summed E-state index contributed by atoms with van der Waals surface area (Å²) in [6, 6.07) is 4.91. The summed E-state index contributed by atoms with van der Waals surface area (Å²) < 4.78 is 18.3. The first-order chi connectivity index (χ1) is 13.5. The highest BCUT2D eigenvalue weighted by Gasteiger charge is 2.56. The fourth-order valence-electron chi connectivity index (χ4n) is 6.22. The molecule has 4 bridgehead atoms. The lowest BCUT2D eigenvalue weighted by atomic mass is 9.47. The van der Waals surface area contributed by atoms with Crippen LogP contribution in [0.5, 0.6) is 0 Å². The molecule has 152 valence electrons. The molecule has 4 aliphatic carbocycles. The van der Waals surface area contributed by atoms with Gasteiger partial charge in [0.2, 0.25) is 5.91 Å². The van der Waals surface area contributed by atoms with Crippen LogP contribution >= 0.6 is 0 Å². The van der Waals surface area contributed by atoms with Crippen molar-refractivity contribution in [2.24, 2.45) is 23.2 Å². The molecule has 0 aromatic heterocycles. The van der Waals surface area contributed by atoms with Crippen LogP contribution in [0.2, 0.25) is 0 Å². The summed E-state index contributed by atoms with van der Waals surface area (Å²) in [7, 11) is 1.60. The van der Waals surface area contributed by atoms with Gasteiger partial charge in [-0.1, -0.05) is 0 Å². The minimum atomic E-state index is -0.560. The molecule has 0 saturated heterocycles. The topological polar surface area (TPSA) is 67.4 Å². The van der Waals surface area contributed by atoms with Gasteiger partial charge in [-0.05, 0) is 80.5 Å². The maximum atomic E-state index is 13.2. The van der Waals surface area contributed by atoms with Crippen molar-refractivity contribution < 1.29 is 18.7 Å². The second-order valence-electron chi connectivity index (χ2n) is 8.98. The van der Waals surface area contributed by atoms with Gasteiger partial charge in [0.25, 0.3) is 5.91 Å². The van der Waals surface area contributed by atoms with Crippen LogP contribution in [0.3, 0.4) is 0 Å². The number of methoxy groups -OCH3 is 1. The van der Waals surface area contributed by atoms with Crippen LogP contribution in [-0.4, -0.2) is 38.1 Å². The number of rotatable bonds is 7. The van der Waals surface area contributed by atoms with E-state index in [4.69, 9.17) is 4.74 Å². The number of benzene rings is 1. The molecule has 0 heterocycles. The van der Waals surface area contributed by atoms with E-state index in [9.17, 15) is 14.0 Å². The molecule has 6 heteroatoms. The highest BCUT2D eigenvalue weighted by atomic mass is 19.1. The zero-order valence-electron chi connectivity index (χ0n) is 16.4. The molecule has 28 heavy (non-hydrogen) atoms. The van der Waals surface area contributed by atoms with E-state index in [0.717, 1.165) is 19.3 Å². The van der Waals surface area contributed by atoms with E-state index in [1.807, 2.05) is 0 Å². The Morgan fingerprint density at radius 3 is 2.21 bits per heavy atom. The third kappa shape index (κ3) is 3.79. The van der Waals surface area contributed by atoms with E-state index in [2.05, 4.69) is 10.6 Å². The van der Waals surface area contributed by atoms with Gasteiger partial charge in [-0.2, -0.15) is 0 Å². The van der Waals surface area contributed by atoms with E-state index in [-0.39, 0.29) is 23.0 Å². The van der Waals surface area contributed by atoms with Crippen LogP contribution in [0, 0.1) is 29.0 Å². The Bertz CT molecular complexity index is 699. The van der Waals surface area contributed by atoms with Crippen molar-refractivity contribution in [2.45, 2.75) is 44.6 Å². The monoisotopic (exact) mass is 388 g/mol. The van der Waals surface area contributed by atoms with Gasteiger partial charge >= 0.3 is 0 Å². The molecular weight excluding hydrogens is 359 g/mol. The van der Waals surface area contributed by atoms with E-state index in [0.29, 0.717) is 36.5 Å². The van der Waals surface area contributed by atoms with Gasteiger partial charge in [-0.15, -0.1) is 0 Å². The molecule has 2 N–H and O–H groups in total. The van der Waals surface area contributed by atoms with Crippen LogP contribution in [0.15, 0.2) is 24.3 Å². The van der Waals surface area contributed by atoms with Crippen molar-refractivity contribution in [2.75, 3.05) is 20.3 Å². The Morgan fingerprint density at radius 1 is 1.11 bits per heavy atom. The lowest BCUT2D eigenvalue weighted by Crippen LogP contribution is -2.62. The van der Waals surface area contributed by atoms with Crippen molar-refractivity contribution in [3.63, 3.8) is 0 Å². The number of hydrogen-bond donors (Lipinski definition) is 2. The summed E-state index contributed by atoms with van der Waals surface area (Å²) in [6.45, 7) is 0.857. The third-order valence-corrected chi connectivity index (χ3v) is 6.95. The lowest BCUT2D eigenvalue weighted by molar-refractivity contribution is -0.134. The van der Waals surface area contributed by atoms with Crippen molar-refractivity contribution in [1.29, 1.82) is 0 Å². The predicted molar refractivity (Wildman–Crippen MR) is 103 cm³/mol. The first-order valence-corrected chi connectivity index (χ1v) is 10.3. The van der Waals surface area contributed by atoms with Crippen LogP contribution in [-0.2, 0) is 9.53 Å². The smallest absolute Gasteiger partial charge is 0.251 e. The maximum Gasteiger partial charge on any atom is 0.251 e. The first kappa shape index (κ1) is 19.4. The summed E-state index contributed by atoms with van der Waals surface area (Å²) in [5.74, 6) is 1.18. The second kappa shape index (κ2) is 7.82. The Morgan fingerprint density at radius 2 is 1.68 bits per heavy atom. The van der Waals surface area contributed by atoms with Crippen molar-refractivity contribution in [3.8, 4) is 0 Å². The van der Waals surface area contributed by atoms with Gasteiger partial charge in [0.05, 0.1) is 6.61 Å². The van der Waals surface area contributed by atoms with Crippen molar-refractivity contribution in [1.82, 2.24) is 10.6 Å². The molecule has 5 nitrogen and oxygen atoms in total. The molecule has 4 aliphatic rings. The van der Waals surface area contributed by atoms with Crippen LogP contribution in [0.1, 0.15) is 48.9 Å². The molecule has 4 saturated carbocycles. The zero-order chi connectivity index (χ0) is 19.7. The minimum absolute atomic E-state index is 0.130. The first-order valence-electron chi connectivity index (χ1n) is 10.3. The predicted octanol–water partition coefficient (Wildman–Crippen LogP) is 2.90. The van der Waals surface area contributed by atoms with Crippen molar-refractivity contribution >= 4 is 11.8 Å². The molecule has 0 radical (unpaired) electrons. The molecule has 4 fully saturated rings. The molecule has 5 rings (SSSR count). The minimum Gasteiger partial charge on any atom is -0.383 e. The summed E-state index contributed by atoms with van der Waals surface area (Å²) in [5.41, 5.74) is 0.211. The summed E-state index contributed by atoms with van der Waals surface area (Å²) in [6.07, 6.45) is 6.82. The van der Waals surface area contributed by atoms with Crippen molar-refractivity contribution in [3.05, 3.63) is 35.6 Å². The van der Waals surface area contributed by atoms with Gasteiger partial charge in [0, 0.05) is 24.6 Å². The quantitative estimate of drug-likeness (QED) is 0.706. The van der Waals surface area contributed by atoms with Crippen LogP contribution in [0.25, 0.3) is 0 Å². The Kier molecular flexibility index (Phi) is 5.41. The van der Waals surface area contributed by atoms with Gasteiger partial charge in [0.1, 0.15) is 11.9 Å². The average molecular weight is 388 g/mol. The van der Waals surface area contributed by atoms with E-state index >= 15 is 0 Å².